The van der Waals surface area contributed by atoms with E-state index in [1.165, 1.54) is 6.33 Å². The molecule has 4 rings (SSSR count). The number of aliphatic hydroxyl groups is 1. The second-order valence-corrected chi connectivity index (χ2v) is 5.84. The maximum absolute atomic E-state index is 12.4. The van der Waals surface area contributed by atoms with Gasteiger partial charge in [-0.3, -0.25) is 4.79 Å². The highest BCUT2D eigenvalue weighted by Crippen LogP contribution is 2.27. The number of hydrogen-bond acceptors (Lipinski definition) is 4. The highest BCUT2D eigenvalue weighted by molar-refractivity contribution is 6.07. The number of aromatic nitrogens is 3. The first-order valence-corrected chi connectivity index (χ1v) is 8.15. The van der Waals surface area contributed by atoms with Crippen LogP contribution in [0.5, 0.6) is 0 Å². The number of carbonyl (C=O) groups is 1. The molecule has 0 aliphatic carbocycles. The van der Waals surface area contributed by atoms with Crippen molar-refractivity contribution in [3.8, 4) is 11.3 Å². The summed E-state index contributed by atoms with van der Waals surface area (Å²) in [5.74, 6) is 0.235. The molecule has 0 fully saturated rings. The summed E-state index contributed by atoms with van der Waals surface area (Å²) in [7, 11) is 0. The zero-order chi connectivity index (χ0) is 17.9. The lowest BCUT2D eigenvalue weighted by molar-refractivity contribution is 0.102. The fraction of sp³-hybridized carbons (Fsp3) is 0.0500. The number of anilines is 1. The number of fused-ring (bicyclic) bond motifs is 1. The average molecular weight is 344 g/mol. The minimum atomic E-state index is -0.222. The van der Waals surface area contributed by atoms with Gasteiger partial charge >= 0.3 is 0 Å². The topological polar surface area (TPSA) is 90.9 Å². The molecule has 0 bridgehead atoms. The number of aromatic amines is 1. The van der Waals surface area contributed by atoms with Crippen molar-refractivity contribution in [1.29, 1.82) is 0 Å². The van der Waals surface area contributed by atoms with E-state index in [1.54, 1.807) is 12.1 Å². The number of benzene rings is 2. The van der Waals surface area contributed by atoms with Crippen LogP contribution in [0.15, 0.2) is 67.0 Å². The molecular formula is C20H16N4O2. The Hall–Kier alpha value is -3.51. The molecule has 4 aromatic rings. The third-order valence-electron chi connectivity index (χ3n) is 4.14. The van der Waals surface area contributed by atoms with Crippen LogP contribution in [0.25, 0.3) is 22.3 Å². The van der Waals surface area contributed by atoms with Crippen LogP contribution in [-0.4, -0.2) is 26.0 Å². The summed E-state index contributed by atoms with van der Waals surface area (Å²) in [6.07, 6.45) is 1.41. The molecule has 3 N–H and O–H groups in total. The normalized spacial score (nSPS) is 10.8. The van der Waals surface area contributed by atoms with Gasteiger partial charge in [-0.15, -0.1) is 0 Å². The Bertz CT molecular complexity index is 1060. The van der Waals surface area contributed by atoms with Crippen molar-refractivity contribution >= 4 is 22.8 Å². The van der Waals surface area contributed by atoms with Crippen molar-refractivity contribution in [2.24, 2.45) is 0 Å². The maximum Gasteiger partial charge on any atom is 0.256 e. The SMILES string of the molecule is O=C(Nc1ncnc2[nH]c(-c3ccc(CO)cc3)cc12)c1ccccc1. The van der Waals surface area contributed by atoms with Crippen LogP contribution in [0.4, 0.5) is 5.82 Å². The quantitative estimate of drug-likeness (QED) is 0.529. The van der Waals surface area contributed by atoms with Gasteiger partial charge < -0.3 is 15.4 Å². The first kappa shape index (κ1) is 16.0. The second-order valence-electron chi connectivity index (χ2n) is 5.84. The molecule has 2 aromatic heterocycles. The Morgan fingerprint density at radius 1 is 1.04 bits per heavy atom. The molecule has 26 heavy (non-hydrogen) atoms. The molecule has 6 heteroatoms. The monoisotopic (exact) mass is 344 g/mol. The Kier molecular flexibility index (Phi) is 4.17. The average Bonchev–Trinajstić information content (AvgIpc) is 3.14. The summed E-state index contributed by atoms with van der Waals surface area (Å²) in [6, 6.07) is 18.5. The summed E-state index contributed by atoms with van der Waals surface area (Å²) in [5.41, 5.74) is 3.88. The number of hydrogen-bond donors (Lipinski definition) is 3. The first-order valence-electron chi connectivity index (χ1n) is 8.15. The van der Waals surface area contributed by atoms with Crippen LogP contribution in [0.1, 0.15) is 15.9 Å². The zero-order valence-corrected chi connectivity index (χ0v) is 13.8. The smallest absolute Gasteiger partial charge is 0.256 e. The van der Waals surface area contributed by atoms with Crippen LogP contribution in [0, 0.1) is 0 Å². The standard InChI is InChI=1S/C20H16N4O2/c25-11-13-6-8-14(9-7-13)17-10-16-18(23-17)21-12-22-19(16)24-20(26)15-4-2-1-3-5-15/h1-10,12,25H,11H2,(H2,21,22,23,24,26). The van der Waals surface area contributed by atoms with Crippen LogP contribution in [0.3, 0.4) is 0 Å². The minimum Gasteiger partial charge on any atom is -0.392 e. The van der Waals surface area contributed by atoms with Gasteiger partial charge in [0.2, 0.25) is 0 Å². The van der Waals surface area contributed by atoms with Gasteiger partial charge in [0.1, 0.15) is 17.8 Å². The molecular weight excluding hydrogens is 328 g/mol. The fourth-order valence-corrected chi connectivity index (χ4v) is 2.75. The Labute approximate surface area is 149 Å². The van der Waals surface area contributed by atoms with Crippen molar-refractivity contribution < 1.29 is 9.90 Å². The van der Waals surface area contributed by atoms with Gasteiger partial charge in [0, 0.05) is 11.3 Å². The van der Waals surface area contributed by atoms with Crippen molar-refractivity contribution in [3.63, 3.8) is 0 Å². The summed E-state index contributed by atoms with van der Waals surface area (Å²) in [4.78, 5) is 24.1. The predicted octanol–water partition coefficient (Wildman–Crippen LogP) is 3.37. The fourth-order valence-electron chi connectivity index (χ4n) is 2.75. The molecule has 1 amide bonds. The van der Waals surface area contributed by atoms with E-state index in [-0.39, 0.29) is 12.5 Å². The van der Waals surface area contributed by atoms with E-state index in [1.807, 2.05) is 48.5 Å². The second kappa shape index (κ2) is 6.78. The number of rotatable bonds is 4. The van der Waals surface area contributed by atoms with E-state index in [4.69, 9.17) is 5.11 Å². The zero-order valence-electron chi connectivity index (χ0n) is 13.8. The number of carbonyl (C=O) groups excluding carboxylic acids is 1. The van der Waals surface area contributed by atoms with Crippen molar-refractivity contribution in [3.05, 3.63) is 78.1 Å². The number of aliphatic hydroxyl groups excluding tert-OH is 1. The Morgan fingerprint density at radius 3 is 2.54 bits per heavy atom. The van der Waals surface area contributed by atoms with Crippen LogP contribution in [0.2, 0.25) is 0 Å². The molecule has 0 unspecified atom stereocenters. The third-order valence-corrected chi connectivity index (χ3v) is 4.14. The number of H-pyrrole nitrogens is 1. The van der Waals surface area contributed by atoms with E-state index < -0.39 is 0 Å². The van der Waals surface area contributed by atoms with E-state index in [9.17, 15) is 4.79 Å². The summed E-state index contributed by atoms with van der Waals surface area (Å²) in [6.45, 7) is 0.00806. The molecule has 2 heterocycles. The molecule has 2 aromatic carbocycles. The Balaban J connectivity index is 1.68. The van der Waals surface area contributed by atoms with Crippen molar-refractivity contribution in [2.75, 3.05) is 5.32 Å². The number of nitrogens with zero attached hydrogens (tertiary/aromatic N) is 2. The van der Waals surface area contributed by atoms with E-state index in [0.717, 1.165) is 22.2 Å². The molecule has 128 valence electrons. The summed E-state index contributed by atoms with van der Waals surface area (Å²) in [5, 5.41) is 12.7. The van der Waals surface area contributed by atoms with E-state index in [0.29, 0.717) is 17.0 Å². The molecule has 0 radical (unpaired) electrons. The van der Waals surface area contributed by atoms with Crippen molar-refractivity contribution in [1.82, 2.24) is 15.0 Å². The van der Waals surface area contributed by atoms with Gasteiger partial charge in [-0.1, -0.05) is 42.5 Å². The number of nitrogens with one attached hydrogen (secondary N) is 2. The van der Waals surface area contributed by atoms with Crippen LogP contribution < -0.4 is 5.32 Å². The molecule has 0 atom stereocenters. The van der Waals surface area contributed by atoms with E-state index in [2.05, 4.69) is 20.3 Å². The number of amides is 1. The molecule has 0 spiro atoms. The van der Waals surface area contributed by atoms with Gasteiger partial charge in [-0.2, -0.15) is 0 Å². The molecule has 0 aliphatic heterocycles. The van der Waals surface area contributed by atoms with Gasteiger partial charge in [0.25, 0.3) is 5.91 Å². The lowest BCUT2D eigenvalue weighted by atomic mass is 10.1. The van der Waals surface area contributed by atoms with Crippen molar-refractivity contribution in [2.45, 2.75) is 6.61 Å². The molecule has 6 nitrogen and oxygen atoms in total. The summed E-state index contributed by atoms with van der Waals surface area (Å²) >= 11 is 0. The highest BCUT2D eigenvalue weighted by Gasteiger charge is 2.12. The van der Waals surface area contributed by atoms with Crippen LogP contribution >= 0.6 is 0 Å². The molecule has 0 saturated heterocycles. The third kappa shape index (κ3) is 3.05. The predicted molar refractivity (Wildman–Crippen MR) is 99.6 cm³/mol. The van der Waals surface area contributed by atoms with Gasteiger partial charge in [-0.05, 0) is 29.3 Å². The largest absolute Gasteiger partial charge is 0.392 e. The van der Waals surface area contributed by atoms with Gasteiger partial charge in [0.15, 0.2) is 0 Å². The molecule has 0 aliphatic rings. The Morgan fingerprint density at radius 2 is 1.81 bits per heavy atom. The lowest BCUT2D eigenvalue weighted by Crippen LogP contribution is -2.13. The molecule has 0 saturated carbocycles. The maximum atomic E-state index is 12.4. The van der Waals surface area contributed by atoms with Gasteiger partial charge in [-0.25, -0.2) is 9.97 Å². The first-order chi connectivity index (χ1) is 12.7. The van der Waals surface area contributed by atoms with E-state index >= 15 is 0 Å². The highest BCUT2D eigenvalue weighted by atomic mass is 16.3. The van der Waals surface area contributed by atoms with Crippen LogP contribution in [-0.2, 0) is 6.61 Å². The lowest BCUT2D eigenvalue weighted by Gasteiger charge is -2.04. The summed E-state index contributed by atoms with van der Waals surface area (Å²) < 4.78 is 0. The van der Waals surface area contributed by atoms with Gasteiger partial charge in [0.05, 0.1) is 12.0 Å². The minimum absolute atomic E-state index is 0.00806.